The number of oxime groups is 1. The van der Waals surface area contributed by atoms with Crippen molar-refractivity contribution in [2.75, 3.05) is 6.61 Å². The Morgan fingerprint density at radius 3 is 2.35 bits per heavy atom. The molecule has 1 aliphatic heterocycles. The summed E-state index contributed by atoms with van der Waals surface area (Å²) < 4.78 is 37.1. The van der Waals surface area contributed by atoms with Gasteiger partial charge in [0.15, 0.2) is 0 Å². The minimum atomic E-state index is -4.30. The fraction of sp³-hybridized carbons (Fsp3) is 0.250. The number of nitrogens with zero attached hydrogens (tertiary/aromatic N) is 1. The molecule has 0 aromatic heterocycles. The van der Waals surface area contributed by atoms with Gasteiger partial charge in [0.1, 0.15) is 6.61 Å². The second-order valence-corrected chi connectivity index (χ2v) is 3.75. The van der Waals surface area contributed by atoms with Gasteiger partial charge in [-0.2, -0.15) is 13.2 Å². The molecule has 0 bridgehead atoms. The normalized spacial score (nSPS) is 16.0. The Morgan fingerprint density at radius 2 is 1.82 bits per heavy atom. The van der Waals surface area contributed by atoms with Crippen LogP contribution < -0.4 is 0 Å². The Bertz CT molecular complexity index is 472. The first-order chi connectivity index (χ1) is 7.97. The third kappa shape index (κ3) is 2.67. The molecule has 0 radical (unpaired) electrons. The number of rotatable bonds is 1. The zero-order valence-corrected chi connectivity index (χ0v) is 9.08. The molecule has 0 unspecified atom stereocenters. The Kier molecular flexibility index (Phi) is 2.92. The van der Waals surface area contributed by atoms with E-state index < -0.39 is 11.7 Å². The number of allylic oxidation sites excluding steroid dienone is 1. The highest BCUT2D eigenvalue weighted by Crippen LogP contribution is 2.30. The van der Waals surface area contributed by atoms with E-state index in [9.17, 15) is 13.2 Å². The zero-order valence-electron chi connectivity index (χ0n) is 9.08. The third-order valence-corrected chi connectivity index (χ3v) is 2.39. The first-order valence-electron chi connectivity index (χ1n) is 5.01. The smallest absolute Gasteiger partial charge is 0.391 e. The molecule has 0 aliphatic carbocycles. The van der Waals surface area contributed by atoms with E-state index in [1.54, 1.807) is 13.0 Å². The Hall–Kier alpha value is -1.78. The molecule has 2 rings (SSSR count). The van der Waals surface area contributed by atoms with Crippen LogP contribution in [0, 0.1) is 0 Å². The van der Waals surface area contributed by atoms with Crippen molar-refractivity contribution in [2.45, 2.75) is 13.1 Å². The lowest BCUT2D eigenvalue weighted by atomic mass is 10.0. The van der Waals surface area contributed by atoms with Crippen LogP contribution in [0.15, 0.2) is 35.5 Å². The number of alkyl halides is 3. The maximum absolute atomic E-state index is 12.4. The van der Waals surface area contributed by atoms with Crippen LogP contribution in [-0.2, 0) is 11.0 Å². The molecular formula is C12H10F3NO. The van der Waals surface area contributed by atoms with Gasteiger partial charge < -0.3 is 4.84 Å². The van der Waals surface area contributed by atoms with Gasteiger partial charge in [-0.15, -0.1) is 0 Å². The van der Waals surface area contributed by atoms with Crippen molar-refractivity contribution in [3.05, 3.63) is 41.5 Å². The van der Waals surface area contributed by atoms with Gasteiger partial charge in [-0.3, -0.25) is 0 Å². The number of benzene rings is 1. The molecule has 90 valence electrons. The standard InChI is InChI=1S/C12H10F3NO/c1-8-6-10(7-17-16-8)9-2-4-11(5-3-9)12(13,14)15/h2-6H,7H2,1H3. The van der Waals surface area contributed by atoms with Crippen LogP contribution in [0.1, 0.15) is 18.1 Å². The number of hydrogen-bond acceptors (Lipinski definition) is 2. The SMILES string of the molecule is CC1=NOCC(c2ccc(C(F)(F)F)cc2)=C1. The molecule has 1 aromatic carbocycles. The highest BCUT2D eigenvalue weighted by molar-refractivity contribution is 5.99. The molecule has 0 N–H and O–H groups in total. The quantitative estimate of drug-likeness (QED) is 0.737. The number of halogens is 3. The molecule has 0 atom stereocenters. The van der Waals surface area contributed by atoms with Crippen LogP contribution in [0.4, 0.5) is 13.2 Å². The molecule has 1 aliphatic rings. The molecule has 1 heterocycles. The largest absolute Gasteiger partial charge is 0.416 e. The summed E-state index contributed by atoms with van der Waals surface area (Å²) in [6.07, 6.45) is -2.50. The van der Waals surface area contributed by atoms with Gasteiger partial charge in [0, 0.05) is 5.57 Å². The van der Waals surface area contributed by atoms with E-state index in [1.807, 2.05) is 0 Å². The molecule has 0 saturated carbocycles. The van der Waals surface area contributed by atoms with Crippen LogP contribution in [-0.4, -0.2) is 12.3 Å². The first-order valence-corrected chi connectivity index (χ1v) is 5.01. The molecule has 1 aromatic rings. The summed E-state index contributed by atoms with van der Waals surface area (Å²) in [5, 5.41) is 3.72. The lowest BCUT2D eigenvalue weighted by Crippen LogP contribution is -2.06. The van der Waals surface area contributed by atoms with E-state index in [-0.39, 0.29) is 6.61 Å². The summed E-state index contributed by atoms with van der Waals surface area (Å²) in [4.78, 5) is 4.94. The summed E-state index contributed by atoms with van der Waals surface area (Å²) in [7, 11) is 0. The van der Waals surface area contributed by atoms with E-state index in [1.165, 1.54) is 12.1 Å². The minimum absolute atomic E-state index is 0.280. The highest BCUT2D eigenvalue weighted by Gasteiger charge is 2.30. The van der Waals surface area contributed by atoms with Gasteiger partial charge in [-0.05, 0) is 30.7 Å². The lowest BCUT2D eigenvalue weighted by Gasteiger charge is -2.12. The van der Waals surface area contributed by atoms with Crippen LogP contribution >= 0.6 is 0 Å². The first kappa shape index (κ1) is 11.7. The zero-order chi connectivity index (χ0) is 12.5. The van der Waals surface area contributed by atoms with Gasteiger partial charge in [0.05, 0.1) is 11.3 Å². The van der Waals surface area contributed by atoms with Gasteiger partial charge in [-0.1, -0.05) is 17.3 Å². The highest BCUT2D eigenvalue weighted by atomic mass is 19.4. The van der Waals surface area contributed by atoms with Gasteiger partial charge >= 0.3 is 6.18 Å². The van der Waals surface area contributed by atoms with Crippen molar-refractivity contribution >= 4 is 11.3 Å². The fourth-order valence-corrected chi connectivity index (χ4v) is 1.56. The Labute approximate surface area is 96.4 Å². The van der Waals surface area contributed by atoms with E-state index in [0.29, 0.717) is 11.3 Å². The average Bonchev–Trinajstić information content (AvgIpc) is 2.28. The fourth-order valence-electron chi connectivity index (χ4n) is 1.56. The topological polar surface area (TPSA) is 21.6 Å². The Balaban J connectivity index is 2.27. The van der Waals surface area contributed by atoms with Crippen LogP contribution in [0.25, 0.3) is 5.57 Å². The summed E-state index contributed by atoms with van der Waals surface area (Å²) in [5.74, 6) is 0. The van der Waals surface area contributed by atoms with Crippen molar-refractivity contribution in [2.24, 2.45) is 5.16 Å². The van der Waals surface area contributed by atoms with Crippen molar-refractivity contribution in [1.29, 1.82) is 0 Å². The van der Waals surface area contributed by atoms with E-state index in [0.717, 1.165) is 17.7 Å². The minimum Gasteiger partial charge on any atom is -0.391 e. The van der Waals surface area contributed by atoms with Gasteiger partial charge in [0.25, 0.3) is 0 Å². The average molecular weight is 241 g/mol. The van der Waals surface area contributed by atoms with Crippen molar-refractivity contribution in [1.82, 2.24) is 0 Å². The molecule has 0 saturated heterocycles. The lowest BCUT2D eigenvalue weighted by molar-refractivity contribution is -0.137. The summed E-state index contributed by atoms with van der Waals surface area (Å²) in [5.41, 5.74) is 1.59. The monoisotopic (exact) mass is 241 g/mol. The summed E-state index contributed by atoms with van der Waals surface area (Å²) in [6.45, 7) is 2.05. The predicted molar refractivity (Wildman–Crippen MR) is 58.5 cm³/mol. The third-order valence-electron chi connectivity index (χ3n) is 2.39. The summed E-state index contributed by atoms with van der Waals surface area (Å²) >= 11 is 0. The van der Waals surface area contributed by atoms with E-state index >= 15 is 0 Å². The van der Waals surface area contributed by atoms with Crippen LogP contribution in [0.2, 0.25) is 0 Å². The second kappa shape index (κ2) is 4.24. The summed E-state index contributed by atoms with van der Waals surface area (Å²) in [6, 6.07) is 5.02. The van der Waals surface area contributed by atoms with Crippen molar-refractivity contribution in [3.63, 3.8) is 0 Å². The molecule has 0 amide bonds. The van der Waals surface area contributed by atoms with Crippen molar-refractivity contribution < 1.29 is 18.0 Å². The number of hydrogen-bond donors (Lipinski definition) is 0. The molecule has 17 heavy (non-hydrogen) atoms. The molecule has 0 fully saturated rings. The van der Waals surface area contributed by atoms with Crippen molar-refractivity contribution in [3.8, 4) is 0 Å². The van der Waals surface area contributed by atoms with Crippen LogP contribution in [0.5, 0.6) is 0 Å². The predicted octanol–water partition coefficient (Wildman–Crippen LogP) is 3.49. The molecular weight excluding hydrogens is 231 g/mol. The van der Waals surface area contributed by atoms with Crippen LogP contribution in [0.3, 0.4) is 0 Å². The van der Waals surface area contributed by atoms with E-state index in [2.05, 4.69) is 5.16 Å². The molecule has 5 heteroatoms. The van der Waals surface area contributed by atoms with E-state index in [4.69, 9.17) is 4.84 Å². The Morgan fingerprint density at radius 1 is 1.18 bits per heavy atom. The maximum Gasteiger partial charge on any atom is 0.416 e. The van der Waals surface area contributed by atoms with Gasteiger partial charge in [-0.25, -0.2) is 0 Å². The molecule has 0 spiro atoms. The van der Waals surface area contributed by atoms with Gasteiger partial charge in [0.2, 0.25) is 0 Å². The maximum atomic E-state index is 12.4. The second-order valence-electron chi connectivity index (χ2n) is 3.75. The molecule has 2 nitrogen and oxygen atoms in total.